The first-order valence-electron chi connectivity index (χ1n) is 9.94. The molecule has 0 unspecified atom stereocenters. The number of benzene rings is 1. The molecule has 0 spiro atoms. The molecule has 6 heteroatoms. The Morgan fingerprint density at radius 2 is 1.80 bits per heavy atom. The zero-order chi connectivity index (χ0) is 21.3. The summed E-state index contributed by atoms with van der Waals surface area (Å²) in [6.45, 7) is 8.45. The van der Waals surface area contributed by atoms with Crippen LogP contribution in [0.15, 0.2) is 61.1 Å². The fourth-order valence-electron chi connectivity index (χ4n) is 3.78. The van der Waals surface area contributed by atoms with Gasteiger partial charge in [0.1, 0.15) is 11.6 Å². The van der Waals surface area contributed by atoms with E-state index in [-0.39, 0.29) is 5.91 Å². The number of aromatic nitrogens is 4. The molecular weight excluding hydrogens is 374 g/mol. The van der Waals surface area contributed by atoms with Crippen molar-refractivity contribution in [1.82, 2.24) is 24.4 Å². The van der Waals surface area contributed by atoms with Gasteiger partial charge >= 0.3 is 0 Å². The lowest BCUT2D eigenvalue weighted by Gasteiger charge is -2.13. The first-order chi connectivity index (χ1) is 14.5. The Balaban J connectivity index is 1.54. The van der Waals surface area contributed by atoms with Gasteiger partial charge in [0.2, 0.25) is 0 Å². The van der Waals surface area contributed by atoms with Crippen molar-refractivity contribution in [2.24, 2.45) is 0 Å². The van der Waals surface area contributed by atoms with Crippen LogP contribution in [0.5, 0.6) is 0 Å². The van der Waals surface area contributed by atoms with Crippen LogP contribution in [0, 0.1) is 27.7 Å². The van der Waals surface area contributed by atoms with Gasteiger partial charge in [-0.25, -0.2) is 9.97 Å². The molecule has 4 aromatic rings. The van der Waals surface area contributed by atoms with Crippen LogP contribution in [-0.2, 0) is 6.54 Å². The van der Waals surface area contributed by atoms with E-state index in [9.17, 15) is 4.79 Å². The van der Waals surface area contributed by atoms with Crippen LogP contribution in [0.25, 0.3) is 11.5 Å². The molecule has 0 aliphatic rings. The number of para-hydroxylation sites is 1. The first kappa shape index (κ1) is 19.6. The summed E-state index contributed by atoms with van der Waals surface area (Å²) >= 11 is 0. The summed E-state index contributed by atoms with van der Waals surface area (Å²) in [5, 5.41) is 3.04. The number of rotatable bonds is 5. The second-order valence-corrected chi connectivity index (χ2v) is 7.46. The highest BCUT2D eigenvalue weighted by Gasteiger charge is 2.17. The molecule has 3 heterocycles. The van der Waals surface area contributed by atoms with Crippen molar-refractivity contribution >= 4 is 5.91 Å². The van der Waals surface area contributed by atoms with Crippen LogP contribution in [0.2, 0.25) is 0 Å². The van der Waals surface area contributed by atoms with Gasteiger partial charge in [-0.15, -0.1) is 0 Å². The predicted octanol–water partition coefficient (Wildman–Crippen LogP) is 4.22. The largest absolute Gasteiger partial charge is 0.348 e. The summed E-state index contributed by atoms with van der Waals surface area (Å²) in [5.74, 6) is 1.57. The maximum Gasteiger partial charge on any atom is 0.253 e. The van der Waals surface area contributed by atoms with E-state index in [2.05, 4.69) is 38.9 Å². The van der Waals surface area contributed by atoms with Crippen LogP contribution < -0.4 is 5.32 Å². The van der Waals surface area contributed by atoms with E-state index < -0.39 is 0 Å². The number of hydrogen-bond donors (Lipinski definition) is 1. The van der Waals surface area contributed by atoms with E-state index in [1.165, 1.54) is 5.56 Å². The number of nitrogens with one attached hydrogen (secondary N) is 1. The summed E-state index contributed by atoms with van der Waals surface area (Å²) in [5.41, 5.74) is 5.91. The van der Waals surface area contributed by atoms with Crippen LogP contribution in [0.3, 0.4) is 0 Å². The molecule has 1 amide bonds. The third-order valence-electron chi connectivity index (χ3n) is 5.37. The topological polar surface area (TPSA) is 64.7 Å². The average Bonchev–Trinajstić information content (AvgIpc) is 3.30. The van der Waals surface area contributed by atoms with Crippen LogP contribution in [-0.4, -0.2) is 25.0 Å². The number of amides is 1. The molecule has 1 aromatic carbocycles. The second kappa shape index (κ2) is 7.99. The summed E-state index contributed by atoms with van der Waals surface area (Å²) < 4.78 is 4.05. The summed E-state index contributed by atoms with van der Waals surface area (Å²) in [4.78, 5) is 21.6. The van der Waals surface area contributed by atoms with Gasteiger partial charge in [0.05, 0.1) is 5.56 Å². The molecule has 0 saturated heterocycles. The first-order valence-corrected chi connectivity index (χ1v) is 9.94. The van der Waals surface area contributed by atoms with Crippen molar-refractivity contribution in [3.8, 4) is 11.5 Å². The second-order valence-electron chi connectivity index (χ2n) is 7.46. The minimum absolute atomic E-state index is 0.0832. The Morgan fingerprint density at radius 1 is 1.00 bits per heavy atom. The molecule has 0 saturated carbocycles. The number of imidazole rings is 1. The highest BCUT2D eigenvalue weighted by molar-refractivity contribution is 5.95. The lowest BCUT2D eigenvalue weighted by atomic mass is 10.2. The Labute approximate surface area is 176 Å². The van der Waals surface area contributed by atoms with Gasteiger partial charge in [-0.2, -0.15) is 0 Å². The van der Waals surface area contributed by atoms with Gasteiger partial charge < -0.3 is 9.88 Å². The third kappa shape index (κ3) is 3.64. The minimum atomic E-state index is -0.0832. The molecule has 152 valence electrons. The van der Waals surface area contributed by atoms with Gasteiger partial charge in [-0.05, 0) is 63.1 Å². The number of nitrogens with zero attached hydrogens (tertiary/aromatic N) is 4. The van der Waals surface area contributed by atoms with E-state index in [0.717, 1.165) is 34.3 Å². The van der Waals surface area contributed by atoms with Gasteiger partial charge in [0.15, 0.2) is 0 Å². The molecule has 0 atom stereocenters. The lowest BCUT2D eigenvalue weighted by Crippen LogP contribution is -2.23. The lowest BCUT2D eigenvalue weighted by molar-refractivity contribution is 0.0950. The Bertz CT molecular complexity index is 1220. The number of carbonyl (C=O) groups is 1. The van der Waals surface area contributed by atoms with Crippen LogP contribution in [0.4, 0.5) is 0 Å². The third-order valence-corrected chi connectivity index (χ3v) is 5.37. The zero-order valence-corrected chi connectivity index (χ0v) is 17.7. The smallest absolute Gasteiger partial charge is 0.253 e. The van der Waals surface area contributed by atoms with Crippen molar-refractivity contribution in [2.45, 2.75) is 34.2 Å². The molecule has 0 radical (unpaired) electrons. The van der Waals surface area contributed by atoms with E-state index in [1.807, 2.05) is 61.9 Å². The van der Waals surface area contributed by atoms with E-state index in [4.69, 9.17) is 0 Å². The number of carbonyl (C=O) groups excluding carboxylic acids is 1. The Kier molecular flexibility index (Phi) is 5.23. The SMILES string of the molecule is Cc1ccccc1-n1c(C)cc(C(=O)NCc2ccnc(-n3ccnc3C)c2)c1C. The van der Waals surface area contributed by atoms with Crippen LogP contribution in [0.1, 0.15) is 38.7 Å². The van der Waals surface area contributed by atoms with Gasteiger partial charge in [-0.3, -0.25) is 9.36 Å². The average molecular weight is 399 g/mol. The van der Waals surface area contributed by atoms with Crippen molar-refractivity contribution in [2.75, 3.05) is 0 Å². The summed E-state index contributed by atoms with van der Waals surface area (Å²) in [7, 11) is 0. The molecule has 1 N–H and O–H groups in total. The fourth-order valence-corrected chi connectivity index (χ4v) is 3.78. The van der Waals surface area contributed by atoms with Gasteiger partial charge in [0.25, 0.3) is 5.91 Å². The molecule has 0 aliphatic carbocycles. The Hall–Kier alpha value is -3.67. The van der Waals surface area contributed by atoms with Gasteiger partial charge in [0, 0.05) is 42.2 Å². The normalized spacial score (nSPS) is 10.9. The highest BCUT2D eigenvalue weighted by atomic mass is 16.1. The number of pyridine rings is 1. The van der Waals surface area contributed by atoms with E-state index in [0.29, 0.717) is 12.1 Å². The molecule has 0 fully saturated rings. The molecule has 0 bridgehead atoms. The maximum atomic E-state index is 12.9. The van der Waals surface area contributed by atoms with Crippen molar-refractivity contribution in [3.05, 3.63) is 95.0 Å². The predicted molar refractivity (Wildman–Crippen MR) is 117 cm³/mol. The minimum Gasteiger partial charge on any atom is -0.348 e. The molecular formula is C24H25N5O. The monoisotopic (exact) mass is 399 g/mol. The number of hydrogen-bond acceptors (Lipinski definition) is 3. The maximum absolute atomic E-state index is 12.9. The van der Waals surface area contributed by atoms with E-state index >= 15 is 0 Å². The molecule has 4 rings (SSSR count). The van der Waals surface area contributed by atoms with E-state index in [1.54, 1.807) is 12.4 Å². The zero-order valence-electron chi connectivity index (χ0n) is 17.7. The molecule has 6 nitrogen and oxygen atoms in total. The molecule has 0 aliphatic heterocycles. The quantitative estimate of drug-likeness (QED) is 0.546. The standard InChI is InChI=1S/C24H25N5O/c1-16-7-5-6-8-22(16)29-17(2)13-21(18(29)3)24(30)27-15-20-9-10-26-23(14-20)28-12-11-25-19(28)4/h5-14H,15H2,1-4H3,(H,27,30). The Morgan fingerprint density at radius 3 is 2.53 bits per heavy atom. The van der Waals surface area contributed by atoms with Crippen molar-refractivity contribution < 1.29 is 4.79 Å². The molecule has 3 aromatic heterocycles. The summed E-state index contributed by atoms with van der Waals surface area (Å²) in [6, 6.07) is 14.0. The van der Waals surface area contributed by atoms with Crippen LogP contribution >= 0.6 is 0 Å². The van der Waals surface area contributed by atoms with Gasteiger partial charge in [-0.1, -0.05) is 18.2 Å². The number of aryl methyl sites for hydroxylation is 3. The fraction of sp³-hybridized carbons (Fsp3) is 0.208. The molecule has 30 heavy (non-hydrogen) atoms. The van der Waals surface area contributed by atoms with Crippen molar-refractivity contribution in [3.63, 3.8) is 0 Å². The highest BCUT2D eigenvalue weighted by Crippen LogP contribution is 2.23. The van der Waals surface area contributed by atoms with Crippen molar-refractivity contribution in [1.29, 1.82) is 0 Å². The summed E-state index contributed by atoms with van der Waals surface area (Å²) in [6.07, 6.45) is 5.37.